The molecule has 0 fully saturated rings. The van der Waals surface area contributed by atoms with Gasteiger partial charge in [0.05, 0.1) is 0 Å². The smallest absolute Gasteiger partial charge is 0.228 e. The second-order valence-electron chi connectivity index (χ2n) is 7.47. The van der Waals surface area contributed by atoms with E-state index in [4.69, 9.17) is 11.6 Å². The van der Waals surface area contributed by atoms with Crippen LogP contribution in [0.25, 0.3) is 11.4 Å². The van der Waals surface area contributed by atoms with Gasteiger partial charge in [0.25, 0.3) is 0 Å². The van der Waals surface area contributed by atoms with Crippen LogP contribution in [0.3, 0.4) is 0 Å². The van der Waals surface area contributed by atoms with Gasteiger partial charge >= 0.3 is 0 Å². The third kappa shape index (κ3) is 3.81. The maximum atomic E-state index is 13.0. The quantitative estimate of drug-likeness (QED) is 0.559. The maximum absolute atomic E-state index is 13.0. The Bertz CT molecular complexity index is 947. The average molecular weight is 375 g/mol. The Morgan fingerprint density at radius 2 is 1.63 bits per heavy atom. The second kappa shape index (κ2) is 7.27. The van der Waals surface area contributed by atoms with Gasteiger partial charge in [-0.3, -0.25) is 15.1 Å². The van der Waals surface area contributed by atoms with Gasteiger partial charge in [-0.1, -0.05) is 34.5 Å². The van der Waals surface area contributed by atoms with E-state index in [9.17, 15) is 4.79 Å². The van der Waals surface area contributed by atoms with E-state index < -0.39 is 10.4 Å². The third-order valence-electron chi connectivity index (χ3n) is 5.37. The van der Waals surface area contributed by atoms with Crippen molar-refractivity contribution in [3.63, 3.8) is 0 Å². The zero-order valence-electron chi connectivity index (χ0n) is 15.7. The zero-order valence-corrected chi connectivity index (χ0v) is 16.5. The normalized spacial score (nSPS) is 11.9. The van der Waals surface area contributed by atoms with Crippen LogP contribution in [-0.2, 0) is 10.0 Å². The molecule has 0 spiro atoms. The van der Waals surface area contributed by atoms with Gasteiger partial charge in [0.15, 0.2) is 5.82 Å². The highest BCUT2D eigenvalue weighted by atomic mass is 35.5. The highest BCUT2D eigenvalue weighted by Crippen LogP contribution is 2.39. The number of H-pyrrole nitrogens is 1. The predicted molar refractivity (Wildman–Crippen MR) is 118 cm³/mol. The topological polar surface area (TPSA) is 83.6 Å². The van der Waals surface area contributed by atoms with Crippen molar-refractivity contribution in [2.45, 2.75) is 10.4 Å². The molecule has 1 amide bonds. The molecule has 2 aromatic heterocycles. The Morgan fingerprint density at radius 3 is 2.26 bits per heavy atom. The van der Waals surface area contributed by atoms with Crippen molar-refractivity contribution in [3.05, 3.63) is 59.4 Å². The molecule has 0 saturated heterocycles. The van der Waals surface area contributed by atoms with Gasteiger partial charge in [0.2, 0.25) is 11.9 Å². The minimum absolute atomic E-state index is 0.153. The molecule has 132 valence electrons. The first-order valence-corrected chi connectivity index (χ1v) is 9.00. The van der Waals surface area contributed by atoms with Crippen molar-refractivity contribution < 1.29 is 4.79 Å². The molecule has 0 aliphatic rings. The molecule has 3 aromatic rings. The molecule has 6 nitrogen and oxygen atoms in total. The summed E-state index contributed by atoms with van der Waals surface area (Å²) in [6.45, 7) is 0. The van der Waals surface area contributed by atoms with Crippen LogP contribution in [0.15, 0.2) is 48.8 Å². The Kier molecular flexibility index (Phi) is 5.20. The van der Waals surface area contributed by atoms with E-state index in [1.807, 2.05) is 67.8 Å². The van der Waals surface area contributed by atoms with Crippen LogP contribution in [0.5, 0.6) is 0 Å². The summed E-state index contributed by atoms with van der Waals surface area (Å²) in [7, 11) is 7.91. The average Bonchev–Trinajstić information content (AvgIpc) is 3.11. The summed E-state index contributed by atoms with van der Waals surface area (Å²) >= 11 is 6.00. The van der Waals surface area contributed by atoms with Crippen molar-refractivity contribution in [2.75, 3.05) is 5.32 Å². The summed E-state index contributed by atoms with van der Waals surface area (Å²) in [5, 5.41) is 10.5. The number of hydrogen-bond acceptors (Lipinski definition) is 4. The summed E-state index contributed by atoms with van der Waals surface area (Å²) in [5.41, 5.74) is 1.88. The highest BCUT2D eigenvalue weighted by Gasteiger charge is 2.43. The van der Waals surface area contributed by atoms with Gasteiger partial charge in [-0.25, -0.2) is 0 Å². The summed E-state index contributed by atoms with van der Waals surface area (Å²) < 4.78 is 0. The number of anilines is 1. The van der Waals surface area contributed by atoms with Crippen molar-refractivity contribution in [2.24, 2.45) is 0 Å². The van der Waals surface area contributed by atoms with E-state index in [0.717, 1.165) is 11.1 Å². The van der Waals surface area contributed by atoms with Crippen LogP contribution < -0.4 is 5.32 Å². The number of carbonyl (C=O) groups excluding carboxylic acids is 1. The molecule has 0 aliphatic carbocycles. The number of nitrogens with zero attached hydrogens (tertiary/aromatic N) is 3. The number of rotatable bonds is 5. The first kappa shape index (κ1) is 19.3. The lowest BCUT2D eigenvalue weighted by molar-refractivity contribution is -0.117. The Hall–Kier alpha value is -2.47. The number of halogens is 1. The predicted octanol–water partition coefficient (Wildman–Crippen LogP) is -1.04. The van der Waals surface area contributed by atoms with E-state index in [0.29, 0.717) is 16.8 Å². The Balaban J connectivity index is 1.80. The van der Waals surface area contributed by atoms with Crippen LogP contribution in [0.4, 0.5) is 5.95 Å². The minimum Gasteiger partial charge on any atom is -0.307 e. The molecule has 11 heteroatoms. The molecular formula is C16H18B4ClN5O. The van der Waals surface area contributed by atoms with Gasteiger partial charge in [-0.2, -0.15) is 0 Å². The van der Waals surface area contributed by atoms with E-state index in [1.54, 1.807) is 12.4 Å². The molecule has 1 aromatic carbocycles. The third-order valence-corrected chi connectivity index (χ3v) is 5.62. The van der Waals surface area contributed by atoms with Gasteiger partial charge in [0, 0.05) is 23.0 Å². The standard InChI is InChI=1S/C16H18B4ClN5O/c17-15(18,10-1-3-11(21)4-2-10)16(19,20)13(27)24-14-23-12(25-26-14)9-5-7-22-8-6-9/h1-8H,17-20H2,(H2,23,24,25,26,27). The second-order valence-corrected chi connectivity index (χ2v) is 7.91. The molecule has 2 N–H and O–H groups in total. The number of aromatic amines is 1. The van der Waals surface area contributed by atoms with Crippen LogP contribution in [-0.4, -0.2) is 57.5 Å². The van der Waals surface area contributed by atoms with E-state index in [2.05, 4.69) is 25.5 Å². The molecule has 0 radical (unpaired) electrons. The lowest BCUT2D eigenvalue weighted by Gasteiger charge is -2.41. The van der Waals surface area contributed by atoms with Gasteiger partial charge in [-0.15, -0.1) is 10.2 Å². The number of amides is 1. The molecule has 0 aliphatic heterocycles. The molecule has 0 bridgehead atoms. The zero-order chi connectivity index (χ0) is 19.7. The summed E-state index contributed by atoms with van der Waals surface area (Å²) in [6, 6.07) is 11.2. The van der Waals surface area contributed by atoms with Crippen LogP contribution in [0.2, 0.25) is 10.2 Å². The molecule has 27 heavy (non-hydrogen) atoms. The molecule has 2 heterocycles. The molecule has 0 saturated carbocycles. The van der Waals surface area contributed by atoms with Crippen molar-refractivity contribution in [1.29, 1.82) is 0 Å². The lowest BCUT2D eigenvalue weighted by Crippen LogP contribution is -2.50. The largest absolute Gasteiger partial charge is 0.307 e. The van der Waals surface area contributed by atoms with Crippen LogP contribution in [0, 0.1) is 0 Å². The van der Waals surface area contributed by atoms with E-state index in [-0.39, 0.29) is 5.91 Å². The molecule has 0 unspecified atom stereocenters. The number of pyridine rings is 1. The van der Waals surface area contributed by atoms with Crippen LogP contribution >= 0.6 is 11.6 Å². The summed E-state index contributed by atoms with van der Waals surface area (Å²) in [5.74, 6) is 0.731. The number of hydrogen-bond donors (Lipinski definition) is 2. The van der Waals surface area contributed by atoms with Gasteiger partial charge in [-0.05, 0) is 29.5 Å². The first-order chi connectivity index (χ1) is 12.7. The van der Waals surface area contributed by atoms with Crippen molar-refractivity contribution in [3.8, 4) is 11.4 Å². The summed E-state index contributed by atoms with van der Waals surface area (Å²) in [6.07, 6.45) is 3.35. The Morgan fingerprint density at radius 1 is 1.00 bits per heavy atom. The fraction of sp³-hybridized carbons (Fsp3) is 0.125. The highest BCUT2D eigenvalue weighted by molar-refractivity contribution is 6.62. The summed E-state index contributed by atoms with van der Waals surface area (Å²) in [4.78, 5) is 20.0. The van der Waals surface area contributed by atoms with Crippen LogP contribution in [0.1, 0.15) is 5.56 Å². The van der Waals surface area contributed by atoms with E-state index in [1.165, 1.54) is 0 Å². The van der Waals surface area contributed by atoms with Crippen molar-refractivity contribution >= 4 is 54.8 Å². The number of aromatic nitrogens is 4. The number of benzene rings is 1. The SMILES string of the molecule is BC(B)(C(=O)Nc1nnc(-c2ccncc2)[nH]1)C(B)(B)c1ccc(Cl)cc1. The molecule has 0 atom stereocenters. The van der Waals surface area contributed by atoms with E-state index >= 15 is 0 Å². The monoisotopic (exact) mass is 375 g/mol. The lowest BCUT2D eigenvalue weighted by atomic mass is 9.28. The number of nitrogens with one attached hydrogen (secondary N) is 2. The Labute approximate surface area is 166 Å². The first-order valence-electron chi connectivity index (χ1n) is 8.62. The fourth-order valence-corrected chi connectivity index (χ4v) is 2.86. The van der Waals surface area contributed by atoms with Gasteiger partial charge < -0.3 is 4.98 Å². The number of carbonyl (C=O) groups is 1. The van der Waals surface area contributed by atoms with Crippen molar-refractivity contribution in [1.82, 2.24) is 20.2 Å². The molecular weight excluding hydrogens is 357 g/mol. The fourth-order valence-electron chi connectivity index (χ4n) is 2.73. The maximum Gasteiger partial charge on any atom is 0.228 e. The molecule has 3 rings (SSSR count). The minimum atomic E-state index is -0.718. The van der Waals surface area contributed by atoms with Gasteiger partial charge in [0.1, 0.15) is 31.4 Å².